The van der Waals surface area contributed by atoms with Crippen molar-refractivity contribution >= 4 is 10.8 Å². The topological polar surface area (TPSA) is 23.8 Å². The summed E-state index contributed by atoms with van der Waals surface area (Å²) in [6, 6.07) is 16.5. The maximum atomic E-state index is 15.2. The molecule has 0 spiro atoms. The third-order valence-electron chi connectivity index (χ3n) is 6.25. The molecule has 1 aliphatic carbocycles. The first-order valence-corrected chi connectivity index (χ1v) is 10.5. The minimum absolute atomic E-state index is 0.0473. The van der Waals surface area contributed by atoms with Crippen molar-refractivity contribution in [2.24, 2.45) is 5.92 Å². The first kappa shape index (κ1) is 19.6. The Labute approximate surface area is 171 Å². The second kappa shape index (κ2) is 8.33. The minimum Gasteiger partial charge on any atom is -0.242 e. The predicted octanol–water partition coefficient (Wildman–Crippen LogP) is 7.67. The summed E-state index contributed by atoms with van der Waals surface area (Å²) in [4.78, 5) is 0. The summed E-state index contributed by atoms with van der Waals surface area (Å²) in [5, 5.41) is 11.1. The fourth-order valence-electron chi connectivity index (χ4n) is 4.59. The molecule has 0 bridgehead atoms. The highest BCUT2D eigenvalue weighted by molar-refractivity contribution is 5.91. The SMILES string of the molecule is CCCCCC1CCc2c(ccc3cc(-c4ccc(C#N)c(F)c4)ccc23)C1F. The first-order valence-electron chi connectivity index (χ1n) is 10.5. The molecular weight excluding hydrogens is 364 g/mol. The van der Waals surface area contributed by atoms with Gasteiger partial charge in [0.1, 0.15) is 18.1 Å². The van der Waals surface area contributed by atoms with E-state index in [9.17, 15) is 4.39 Å². The molecule has 1 aliphatic rings. The van der Waals surface area contributed by atoms with Crippen molar-refractivity contribution in [2.45, 2.75) is 51.6 Å². The molecular formula is C26H25F2N. The number of rotatable bonds is 5. The number of aryl methyl sites for hydroxylation is 1. The molecule has 0 fully saturated rings. The second-order valence-corrected chi connectivity index (χ2v) is 8.07. The van der Waals surface area contributed by atoms with E-state index in [4.69, 9.17) is 5.26 Å². The molecule has 0 saturated heterocycles. The molecule has 0 radical (unpaired) electrons. The van der Waals surface area contributed by atoms with Crippen LogP contribution in [0.3, 0.4) is 0 Å². The average molecular weight is 389 g/mol. The van der Waals surface area contributed by atoms with Gasteiger partial charge >= 0.3 is 0 Å². The highest BCUT2D eigenvalue weighted by atomic mass is 19.1. The van der Waals surface area contributed by atoms with Gasteiger partial charge in [-0.1, -0.05) is 56.5 Å². The maximum absolute atomic E-state index is 15.2. The Bertz CT molecular complexity index is 1080. The van der Waals surface area contributed by atoms with E-state index in [2.05, 4.69) is 6.92 Å². The van der Waals surface area contributed by atoms with E-state index in [1.807, 2.05) is 36.4 Å². The second-order valence-electron chi connectivity index (χ2n) is 8.07. The van der Waals surface area contributed by atoms with E-state index in [1.165, 1.54) is 18.6 Å². The number of alkyl halides is 1. The largest absolute Gasteiger partial charge is 0.242 e. The van der Waals surface area contributed by atoms with Gasteiger partial charge in [-0.3, -0.25) is 0 Å². The van der Waals surface area contributed by atoms with Crippen LogP contribution in [-0.4, -0.2) is 0 Å². The van der Waals surface area contributed by atoms with Crippen LogP contribution in [0.25, 0.3) is 21.9 Å². The van der Waals surface area contributed by atoms with Gasteiger partial charge in [0.05, 0.1) is 5.56 Å². The molecule has 3 aromatic rings. The molecule has 0 aromatic heterocycles. The predicted molar refractivity (Wildman–Crippen MR) is 114 cm³/mol. The van der Waals surface area contributed by atoms with Crippen LogP contribution in [0.4, 0.5) is 8.78 Å². The van der Waals surface area contributed by atoms with Gasteiger partial charge in [-0.25, -0.2) is 8.78 Å². The first-order chi connectivity index (χ1) is 14.1. The van der Waals surface area contributed by atoms with Gasteiger partial charge in [-0.2, -0.15) is 5.26 Å². The van der Waals surface area contributed by atoms with Crippen LogP contribution >= 0.6 is 0 Å². The van der Waals surface area contributed by atoms with Crippen LogP contribution in [0.15, 0.2) is 48.5 Å². The van der Waals surface area contributed by atoms with Crippen molar-refractivity contribution in [1.82, 2.24) is 0 Å². The zero-order valence-corrected chi connectivity index (χ0v) is 16.7. The third-order valence-corrected chi connectivity index (χ3v) is 6.25. The molecule has 3 heteroatoms. The Morgan fingerprint density at radius 1 is 1.03 bits per heavy atom. The van der Waals surface area contributed by atoms with Crippen molar-refractivity contribution in [3.63, 3.8) is 0 Å². The van der Waals surface area contributed by atoms with Crippen molar-refractivity contribution < 1.29 is 8.78 Å². The number of unbranched alkanes of at least 4 members (excludes halogenated alkanes) is 2. The smallest absolute Gasteiger partial charge is 0.141 e. The highest BCUT2D eigenvalue weighted by Gasteiger charge is 2.30. The molecule has 0 saturated carbocycles. The Morgan fingerprint density at radius 3 is 2.59 bits per heavy atom. The lowest BCUT2D eigenvalue weighted by molar-refractivity contribution is 0.192. The molecule has 29 heavy (non-hydrogen) atoms. The fraction of sp³-hybridized carbons (Fsp3) is 0.346. The molecule has 3 aromatic carbocycles. The number of hydrogen-bond acceptors (Lipinski definition) is 1. The Kier molecular flexibility index (Phi) is 5.62. The summed E-state index contributed by atoms with van der Waals surface area (Å²) in [7, 11) is 0. The van der Waals surface area contributed by atoms with Crippen LogP contribution < -0.4 is 0 Å². The van der Waals surface area contributed by atoms with Gasteiger partial charge in [0.25, 0.3) is 0 Å². The minimum atomic E-state index is -0.882. The van der Waals surface area contributed by atoms with E-state index >= 15 is 4.39 Å². The average Bonchev–Trinajstić information content (AvgIpc) is 2.74. The number of hydrogen-bond donors (Lipinski definition) is 0. The Balaban J connectivity index is 1.66. The van der Waals surface area contributed by atoms with Crippen molar-refractivity contribution in [2.75, 3.05) is 0 Å². The van der Waals surface area contributed by atoms with Gasteiger partial charge in [0, 0.05) is 0 Å². The van der Waals surface area contributed by atoms with Gasteiger partial charge in [0.15, 0.2) is 0 Å². The van der Waals surface area contributed by atoms with E-state index < -0.39 is 12.0 Å². The van der Waals surface area contributed by atoms with Crippen LogP contribution in [0.5, 0.6) is 0 Å². The van der Waals surface area contributed by atoms with Gasteiger partial charge in [-0.05, 0) is 76.4 Å². The highest BCUT2D eigenvalue weighted by Crippen LogP contribution is 2.43. The summed E-state index contributed by atoms with van der Waals surface area (Å²) in [5.41, 5.74) is 3.65. The van der Waals surface area contributed by atoms with Gasteiger partial charge in [0.2, 0.25) is 0 Å². The maximum Gasteiger partial charge on any atom is 0.141 e. The third kappa shape index (κ3) is 3.77. The molecule has 2 unspecified atom stereocenters. The summed E-state index contributed by atoms with van der Waals surface area (Å²) < 4.78 is 29.2. The van der Waals surface area contributed by atoms with E-state index in [0.717, 1.165) is 65.1 Å². The zero-order chi connectivity index (χ0) is 20.4. The number of fused-ring (bicyclic) bond motifs is 3. The standard InChI is InChI=1S/C26H25F2N/c1-2-3-4-5-17-8-12-23-22-11-9-18(14-20(22)10-13-24(23)26(17)28)19-6-7-21(16-29)25(27)15-19/h6-7,9-11,13-15,17,26H,2-5,8,12H2,1H3. The van der Waals surface area contributed by atoms with Crippen LogP contribution in [0.2, 0.25) is 0 Å². The lowest BCUT2D eigenvalue weighted by Gasteiger charge is -2.29. The van der Waals surface area contributed by atoms with Crippen molar-refractivity contribution in [1.29, 1.82) is 5.26 Å². The quantitative estimate of drug-likeness (QED) is 0.411. The molecule has 148 valence electrons. The van der Waals surface area contributed by atoms with Gasteiger partial charge in [-0.15, -0.1) is 0 Å². The van der Waals surface area contributed by atoms with Gasteiger partial charge < -0.3 is 0 Å². The summed E-state index contributed by atoms with van der Waals surface area (Å²) in [6.07, 6.45) is 5.34. The molecule has 0 N–H and O–H groups in total. The Morgan fingerprint density at radius 2 is 1.83 bits per heavy atom. The number of nitriles is 1. The van der Waals surface area contributed by atoms with Crippen molar-refractivity contribution in [3.8, 4) is 17.2 Å². The van der Waals surface area contributed by atoms with Crippen molar-refractivity contribution in [3.05, 3.63) is 71.0 Å². The van der Waals surface area contributed by atoms with Crippen LogP contribution in [0.1, 0.15) is 61.9 Å². The zero-order valence-electron chi connectivity index (χ0n) is 16.7. The number of benzene rings is 3. The normalized spacial score (nSPS) is 18.4. The summed E-state index contributed by atoms with van der Waals surface area (Å²) >= 11 is 0. The molecule has 0 aliphatic heterocycles. The number of nitrogens with zero attached hydrogens (tertiary/aromatic N) is 1. The van der Waals surface area contributed by atoms with E-state index in [-0.39, 0.29) is 11.5 Å². The van der Waals surface area contributed by atoms with Crippen LogP contribution in [-0.2, 0) is 6.42 Å². The molecule has 2 atom stereocenters. The summed E-state index contributed by atoms with van der Waals surface area (Å²) in [6.45, 7) is 2.18. The monoisotopic (exact) mass is 389 g/mol. The number of halogens is 2. The molecule has 0 heterocycles. The van der Waals surface area contributed by atoms with E-state index in [0.29, 0.717) is 0 Å². The lowest BCUT2D eigenvalue weighted by atomic mass is 9.78. The fourth-order valence-corrected chi connectivity index (χ4v) is 4.59. The summed E-state index contributed by atoms with van der Waals surface area (Å²) in [5.74, 6) is -0.377. The Hall–Kier alpha value is -2.73. The molecule has 4 rings (SSSR count). The molecule has 0 amide bonds. The lowest BCUT2D eigenvalue weighted by Crippen LogP contribution is -2.18. The molecule has 1 nitrogen and oxygen atoms in total. The van der Waals surface area contributed by atoms with E-state index in [1.54, 1.807) is 6.07 Å². The van der Waals surface area contributed by atoms with Crippen LogP contribution in [0, 0.1) is 23.1 Å².